The summed E-state index contributed by atoms with van der Waals surface area (Å²) in [5, 5.41) is 9.97. The van der Waals surface area contributed by atoms with Gasteiger partial charge in [-0.2, -0.15) is 0 Å². The lowest BCUT2D eigenvalue weighted by molar-refractivity contribution is 0.0245. The van der Waals surface area contributed by atoms with Crippen molar-refractivity contribution in [2.45, 2.75) is 71.6 Å². The van der Waals surface area contributed by atoms with Gasteiger partial charge in [-0.25, -0.2) is 0 Å². The van der Waals surface area contributed by atoms with Crippen molar-refractivity contribution in [3.05, 3.63) is 0 Å². The van der Waals surface area contributed by atoms with Gasteiger partial charge in [0.15, 0.2) is 0 Å². The van der Waals surface area contributed by atoms with E-state index in [1.165, 1.54) is 70.9 Å². The predicted octanol–water partition coefficient (Wildman–Crippen LogP) is 4.08. The maximum Gasteiger partial charge on any atom is 0.0499 e. The molecule has 20 heavy (non-hydrogen) atoms. The van der Waals surface area contributed by atoms with E-state index in [4.69, 9.17) is 0 Å². The predicted molar refractivity (Wildman–Crippen MR) is 85.8 cm³/mol. The number of rotatable bonds is 5. The van der Waals surface area contributed by atoms with E-state index in [9.17, 15) is 5.11 Å². The van der Waals surface area contributed by atoms with Gasteiger partial charge in [0.25, 0.3) is 0 Å². The van der Waals surface area contributed by atoms with E-state index in [2.05, 4.69) is 18.7 Å². The molecule has 2 heteroatoms. The number of hydrogen-bond donors (Lipinski definition) is 1. The summed E-state index contributed by atoms with van der Waals surface area (Å²) in [6.07, 6.45) is 12.1. The molecule has 2 nitrogen and oxygen atoms in total. The highest BCUT2D eigenvalue weighted by Gasteiger charge is 2.36. The molecule has 1 heterocycles. The SMILES string of the molecule is CCCC1CCCN(CC2(CO)CCCC(C)C2)CC1. The fourth-order valence-electron chi connectivity index (χ4n) is 4.66. The summed E-state index contributed by atoms with van der Waals surface area (Å²) in [6.45, 7) is 8.74. The number of likely N-dealkylation sites (tertiary alicyclic amines) is 1. The van der Waals surface area contributed by atoms with Crippen LogP contribution in [0.3, 0.4) is 0 Å². The average Bonchev–Trinajstić information content (AvgIpc) is 2.65. The van der Waals surface area contributed by atoms with Crippen LogP contribution in [0.15, 0.2) is 0 Å². The van der Waals surface area contributed by atoms with Crippen LogP contribution in [0.4, 0.5) is 0 Å². The molecular formula is C18H35NO. The van der Waals surface area contributed by atoms with Gasteiger partial charge >= 0.3 is 0 Å². The van der Waals surface area contributed by atoms with E-state index in [1.807, 2.05) is 0 Å². The van der Waals surface area contributed by atoms with Gasteiger partial charge in [0.2, 0.25) is 0 Å². The van der Waals surface area contributed by atoms with Gasteiger partial charge in [-0.05, 0) is 57.0 Å². The first-order chi connectivity index (χ1) is 9.67. The molecule has 0 aromatic rings. The molecule has 0 aromatic heterocycles. The third-order valence-corrected chi connectivity index (χ3v) is 5.72. The van der Waals surface area contributed by atoms with Crippen LogP contribution in [0.5, 0.6) is 0 Å². The average molecular weight is 281 g/mol. The Morgan fingerprint density at radius 1 is 1.15 bits per heavy atom. The zero-order valence-electron chi connectivity index (χ0n) is 13.7. The van der Waals surface area contributed by atoms with E-state index in [-0.39, 0.29) is 5.41 Å². The van der Waals surface area contributed by atoms with Crippen molar-refractivity contribution in [1.29, 1.82) is 0 Å². The highest BCUT2D eigenvalue weighted by atomic mass is 16.3. The van der Waals surface area contributed by atoms with E-state index < -0.39 is 0 Å². The van der Waals surface area contributed by atoms with Crippen LogP contribution >= 0.6 is 0 Å². The third-order valence-electron chi connectivity index (χ3n) is 5.72. The molecule has 1 N–H and O–H groups in total. The summed E-state index contributed by atoms with van der Waals surface area (Å²) in [5.41, 5.74) is 0.211. The first-order valence-corrected chi connectivity index (χ1v) is 9.00. The molecule has 1 saturated heterocycles. The van der Waals surface area contributed by atoms with Crippen LogP contribution in [0.25, 0.3) is 0 Å². The Morgan fingerprint density at radius 3 is 2.70 bits per heavy atom. The Bertz CT molecular complexity index is 281. The van der Waals surface area contributed by atoms with E-state index >= 15 is 0 Å². The van der Waals surface area contributed by atoms with Crippen molar-refractivity contribution in [2.24, 2.45) is 17.3 Å². The lowest BCUT2D eigenvalue weighted by atomic mass is 9.70. The topological polar surface area (TPSA) is 23.5 Å². The Labute approximate surface area is 125 Å². The number of aliphatic hydroxyl groups excluding tert-OH is 1. The first kappa shape index (κ1) is 16.3. The smallest absolute Gasteiger partial charge is 0.0499 e. The molecule has 3 unspecified atom stereocenters. The van der Waals surface area contributed by atoms with Crippen molar-refractivity contribution >= 4 is 0 Å². The molecule has 2 rings (SSSR count). The summed E-state index contributed by atoms with van der Waals surface area (Å²) in [5.74, 6) is 1.76. The second-order valence-corrected chi connectivity index (χ2v) is 7.72. The molecule has 2 aliphatic rings. The largest absolute Gasteiger partial charge is 0.396 e. The Balaban J connectivity index is 1.87. The van der Waals surface area contributed by atoms with E-state index in [0.717, 1.165) is 18.4 Å². The molecule has 0 spiro atoms. The van der Waals surface area contributed by atoms with Crippen molar-refractivity contribution in [3.63, 3.8) is 0 Å². The van der Waals surface area contributed by atoms with Crippen LogP contribution < -0.4 is 0 Å². The normalized spacial score (nSPS) is 36.8. The number of aliphatic hydroxyl groups is 1. The first-order valence-electron chi connectivity index (χ1n) is 9.00. The summed E-state index contributed by atoms with van der Waals surface area (Å²) >= 11 is 0. The van der Waals surface area contributed by atoms with Crippen LogP contribution in [-0.4, -0.2) is 36.2 Å². The molecule has 0 bridgehead atoms. The zero-order chi connectivity index (χ0) is 14.4. The number of nitrogens with zero attached hydrogens (tertiary/aromatic N) is 1. The summed E-state index contributed by atoms with van der Waals surface area (Å²) < 4.78 is 0. The minimum absolute atomic E-state index is 0.211. The zero-order valence-corrected chi connectivity index (χ0v) is 13.7. The van der Waals surface area contributed by atoms with Crippen LogP contribution in [0, 0.1) is 17.3 Å². The molecular weight excluding hydrogens is 246 g/mol. The molecule has 1 aliphatic carbocycles. The minimum atomic E-state index is 0.211. The van der Waals surface area contributed by atoms with Gasteiger partial charge in [-0.1, -0.05) is 39.5 Å². The Morgan fingerprint density at radius 2 is 2.00 bits per heavy atom. The molecule has 2 fully saturated rings. The number of hydrogen-bond acceptors (Lipinski definition) is 2. The van der Waals surface area contributed by atoms with Crippen LogP contribution in [0.2, 0.25) is 0 Å². The van der Waals surface area contributed by atoms with Crippen molar-refractivity contribution in [3.8, 4) is 0 Å². The summed E-state index contributed by atoms with van der Waals surface area (Å²) in [7, 11) is 0. The molecule has 0 amide bonds. The second kappa shape index (κ2) is 7.79. The van der Waals surface area contributed by atoms with Gasteiger partial charge in [-0.3, -0.25) is 0 Å². The lowest BCUT2D eigenvalue weighted by Gasteiger charge is -2.42. The van der Waals surface area contributed by atoms with Gasteiger partial charge in [0.05, 0.1) is 0 Å². The maximum absolute atomic E-state index is 9.97. The summed E-state index contributed by atoms with van der Waals surface area (Å²) in [6, 6.07) is 0. The molecule has 1 aliphatic heterocycles. The van der Waals surface area contributed by atoms with Gasteiger partial charge in [-0.15, -0.1) is 0 Å². The van der Waals surface area contributed by atoms with Gasteiger partial charge in [0.1, 0.15) is 0 Å². The van der Waals surface area contributed by atoms with Crippen molar-refractivity contribution < 1.29 is 5.11 Å². The summed E-state index contributed by atoms with van der Waals surface area (Å²) in [4.78, 5) is 2.67. The Hall–Kier alpha value is -0.0800. The quantitative estimate of drug-likeness (QED) is 0.821. The van der Waals surface area contributed by atoms with Gasteiger partial charge < -0.3 is 10.0 Å². The minimum Gasteiger partial charge on any atom is -0.396 e. The molecule has 1 saturated carbocycles. The fraction of sp³-hybridized carbons (Fsp3) is 1.00. The fourth-order valence-corrected chi connectivity index (χ4v) is 4.66. The van der Waals surface area contributed by atoms with Gasteiger partial charge in [0, 0.05) is 18.6 Å². The highest BCUT2D eigenvalue weighted by Crippen LogP contribution is 2.40. The third kappa shape index (κ3) is 4.46. The molecule has 0 aromatic carbocycles. The molecule has 3 atom stereocenters. The van der Waals surface area contributed by atoms with E-state index in [0.29, 0.717) is 6.61 Å². The van der Waals surface area contributed by atoms with Crippen molar-refractivity contribution in [2.75, 3.05) is 26.2 Å². The maximum atomic E-state index is 9.97. The molecule has 118 valence electrons. The molecule has 0 radical (unpaired) electrons. The highest BCUT2D eigenvalue weighted by molar-refractivity contribution is 4.88. The monoisotopic (exact) mass is 281 g/mol. The van der Waals surface area contributed by atoms with E-state index in [1.54, 1.807) is 0 Å². The lowest BCUT2D eigenvalue weighted by Crippen LogP contribution is -2.43. The van der Waals surface area contributed by atoms with Crippen molar-refractivity contribution in [1.82, 2.24) is 4.90 Å². The second-order valence-electron chi connectivity index (χ2n) is 7.72. The standard InChI is InChI=1S/C18H35NO/c1-3-6-17-8-5-11-19(12-9-17)14-18(15-20)10-4-7-16(2)13-18/h16-17,20H,3-15H2,1-2H3. The Kier molecular flexibility index (Phi) is 6.35. The van der Waals surface area contributed by atoms with Crippen LogP contribution in [-0.2, 0) is 0 Å². The van der Waals surface area contributed by atoms with Crippen LogP contribution in [0.1, 0.15) is 71.6 Å².